The van der Waals surface area contributed by atoms with E-state index in [1.807, 2.05) is 6.07 Å². The molecule has 0 spiro atoms. The van der Waals surface area contributed by atoms with Crippen molar-refractivity contribution in [2.24, 2.45) is 5.73 Å². The maximum Gasteiger partial charge on any atom is 0.289 e. The number of aliphatic hydroxyl groups excluding tert-OH is 1. The highest BCUT2D eigenvalue weighted by Crippen LogP contribution is 2.30. The number of benzene rings is 1. The zero-order chi connectivity index (χ0) is 11.8. The molecule has 86 valence electrons. The van der Waals surface area contributed by atoms with Crippen molar-refractivity contribution >= 4 is 10.9 Å². The van der Waals surface area contributed by atoms with Gasteiger partial charge in [0.2, 0.25) is 0 Å². The molecule has 1 aromatic carbocycles. The van der Waals surface area contributed by atoms with E-state index < -0.39 is 18.6 Å². The summed E-state index contributed by atoms with van der Waals surface area (Å²) in [4.78, 5) is 2.92. The molecule has 0 radical (unpaired) electrons. The first-order valence-electron chi connectivity index (χ1n) is 4.86. The molecule has 0 saturated heterocycles. The predicted octanol–water partition coefficient (Wildman–Crippen LogP) is 1.80. The zero-order valence-electron chi connectivity index (χ0n) is 8.45. The molecule has 1 atom stereocenters. The highest BCUT2D eigenvalue weighted by molar-refractivity contribution is 5.80. The number of halogens is 2. The van der Waals surface area contributed by atoms with Crippen LogP contribution in [0, 0.1) is 0 Å². The lowest BCUT2D eigenvalue weighted by Crippen LogP contribution is -2.36. The van der Waals surface area contributed by atoms with Gasteiger partial charge < -0.3 is 15.8 Å². The van der Waals surface area contributed by atoms with Crippen LogP contribution in [0.4, 0.5) is 8.78 Å². The Bertz CT molecular complexity index is 495. The van der Waals surface area contributed by atoms with Crippen LogP contribution < -0.4 is 5.73 Å². The fraction of sp³-hybridized carbons (Fsp3) is 0.273. The Morgan fingerprint density at radius 2 is 2.12 bits per heavy atom. The Morgan fingerprint density at radius 3 is 2.81 bits per heavy atom. The number of alkyl halides is 2. The van der Waals surface area contributed by atoms with Gasteiger partial charge in [0.15, 0.2) is 0 Å². The number of fused-ring (bicyclic) bond motifs is 1. The number of H-pyrrole nitrogens is 1. The van der Waals surface area contributed by atoms with Crippen molar-refractivity contribution in [3.8, 4) is 0 Å². The van der Waals surface area contributed by atoms with E-state index in [2.05, 4.69) is 4.98 Å². The molecule has 5 heteroatoms. The molecular weight excluding hydrogens is 214 g/mol. The lowest BCUT2D eigenvalue weighted by molar-refractivity contribution is -0.0711. The smallest absolute Gasteiger partial charge is 0.289 e. The lowest BCUT2D eigenvalue weighted by atomic mass is 10.0. The maximum absolute atomic E-state index is 13.2. The highest BCUT2D eigenvalue weighted by Gasteiger charge is 2.37. The molecule has 0 aliphatic carbocycles. The summed E-state index contributed by atoms with van der Waals surface area (Å²) in [7, 11) is 0. The number of aromatic nitrogens is 1. The quantitative estimate of drug-likeness (QED) is 0.747. The minimum atomic E-state index is -3.31. The molecule has 3 nitrogen and oxygen atoms in total. The lowest BCUT2D eigenvalue weighted by Gasteiger charge is -2.21. The van der Waals surface area contributed by atoms with Gasteiger partial charge in [-0.1, -0.05) is 12.1 Å². The van der Waals surface area contributed by atoms with Gasteiger partial charge in [-0.25, -0.2) is 8.78 Å². The second kappa shape index (κ2) is 3.84. The number of nitrogens with one attached hydrogen (secondary N) is 1. The molecule has 0 saturated carbocycles. The van der Waals surface area contributed by atoms with E-state index in [9.17, 15) is 8.78 Å². The Hall–Kier alpha value is -1.46. The first-order valence-corrected chi connectivity index (χ1v) is 4.86. The Labute approximate surface area is 90.9 Å². The van der Waals surface area contributed by atoms with Crippen LogP contribution in [-0.4, -0.2) is 22.6 Å². The molecule has 0 bridgehead atoms. The van der Waals surface area contributed by atoms with Crippen LogP contribution in [0.1, 0.15) is 11.6 Å². The summed E-state index contributed by atoms with van der Waals surface area (Å²) in [5.41, 5.74) is 6.47. The third-order valence-electron chi connectivity index (χ3n) is 2.60. The summed E-state index contributed by atoms with van der Waals surface area (Å²) in [6.45, 7) is -1.25. The highest BCUT2D eigenvalue weighted by atomic mass is 19.3. The van der Waals surface area contributed by atoms with Crippen molar-refractivity contribution < 1.29 is 13.9 Å². The second-order valence-corrected chi connectivity index (χ2v) is 3.72. The van der Waals surface area contributed by atoms with E-state index in [1.54, 1.807) is 24.4 Å². The summed E-state index contributed by atoms with van der Waals surface area (Å²) < 4.78 is 26.3. The van der Waals surface area contributed by atoms with Crippen LogP contribution >= 0.6 is 0 Å². The van der Waals surface area contributed by atoms with Gasteiger partial charge in [0.05, 0.1) is 6.04 Å². The number of aromatic amines is 1. The molecule has 0 unspecified atom stereocenters. The fourth-order valence-electron chi connectivity index (χ4n) is 1.60. The number of nitrogens with two attached hydrogens (primary N) is 1. The van der Waals surface area contributed by atoms with E-state index in [-0.39, 0.29) is 0 Å². The predicted molar refractivity (Wildman–Crippen MR) is 57.3 cm³/mol. The first-order chi connectivity index (χ1) is 7.54. The summed E-state index contributed by atoms with van der Waals surface area (Å²) in [6, 6.07) is 5.18. The van der Waals surface area contributed by atoms with Crippen LogP contribution in [0.5, 0.6) is 0 Å². The molecule has 4 N–H and O–H groups in total. The summed E-state index contributed by atoms with van der Waals surface area (Å²) >= 11 is 0. The number of hydrogen-bond acceptors (Lipinski definition) is 2. The summed E-state index contributed by atoms with van der Waals surface area (Å²) in [5.74, 6) is -3.31. The number of aliphatic hydroxyl groups is 1. The molecule has 0 amide bonds. The standard InChI is InChI=1S/C11H12F2N2O/c12-11(13,6-16)10(14)8-2-1-7-3-4-15-9(7)5-8/h1-5,10,15-16H,6,14H2/t10-/m1/s1. The normalized spacial score (nSPS) is 14.2. The molecule has 16 heavy (non-hydrogen) atoms. The average Bonchev–Trinajstić information content (AvgIpc) is 2.74. The summed E-state index contributed by atoms with van der Waals surface area (Å²) in [5, 5.41) is 9.49. The van der Waals surface area contributed by atoms with Crippen molar-refractivity contribution in [2.45, 2.75) is 12.0 Å². The Morgan fingerprint density at radius 1 is 1.38 bits per heavy atom. The first kappa shape index (κ1) is 11.0. The molecule has 2 rings (SSSR count). The summed E-state index contributed by atoms with van der Waals surface area (Å²) in [6.07, 6.45) is 1.73. The topological polar surface area (TPSA) is 62.0 Å². The molecule has 1 aromatic heterocycles. The molecule has 0 aliphatic heterocycles. The average molecular weight is 226 g/mol. The monoisotopic (exact) mass is 226 g/mol. The van der Waals surface area contributed by atoms with E-state index in [4.69, 9.17) is 10.8 Å². The van der Waals surface area contributed by atoms with Crippen molar-refractivity contribution in [1.29, 1.82) is 0 Å². The third kappa shape index (κ3) is 1.79. The molecule has 2 aromatic rings. The van der Waals surface area contributed by atoms with Gasteiger partial charge in [0, 0.05) is 11.7 Å². The Balaban J connectivity index is 2.39. The van der Waals surface area contributed by atoms with Crippen LogP contribution in [0.25, 0.3) is 10.9 Å². The molecular formula is C11H12F2N2O. The zero-order valence-corrected chi connectivity index (χ0v) is 8.45. The van der Waals surface area contributed by atoms with E-state index in [0.29, 0.717) is 5.56 Å². The Kier molecular flexibility index (Phi) is 2.65. The van der Waals surface area contributed by atoms with E-state index >= 15 is 0 Å². The van der Waals surface area contributed by atoms with Gasteiger partial charge >= 0.3 is 0 Å². The van der Waals surface area contributed by atoms with Crippen molar-refractivity contribution in [1.82, 2.24) is 4.98 Å². The van der Waals surface area contributed by atoms with Crippen molar-refractivity contribution in [2.75, 3.05) is 6.61 Å². The van der Waals surface area contributed by atoms with Gasteiger partial charge in [-0.3, -0.25) is 0 Å². The third-order valence-corrected chi connectivity index (χ3v) is 2.60. The van der Waals surface area contributed by atoms with Crippen LogP contribution in [0.15, 0.2) is 30.5 Å². The van der Waals surface area contributed by atoms with E-state index in [1.165, 1.54) is 0 Å². The van der Waals surface area contributed by atoms with E-state index in [0.717, 1.165) is 10.9 Å². The van der Waals surface area contributed by atoms with Crippen LogP contribution in [-0.2, 0) is 0 Å². The fourth-order valence-corrected chi connectivity index (χ4v) is 1.60. The van der Waals surface area contributed by atoms with Gasteiger partial charge in [-0.15, -0.1) is 0 Å². The van der Waals surface area contributed by atoms with Crippen molar-refractivity contribution in [3.63, 3.8) is 0 Å². The van der Waals surface area contributed by atoms with Gasteiger partial charge in [-0.2, -0.15) is 0 Å². The minimum Gasteiger partial charge on any atom is -0.390 e. The molecule has 1 heterocycles. The maximum atomic E-state index is 13.2. The number of hydrogen-bond donors (Lipinski definition) is 3. The molecule has 0 fully saturated rings. The van der Waals surface area contributed by atoms with Crippen LogP contribution in [0.3, 0.4) is 0 Å². The van der Waals surface area contributed by atoms with Crippen molar-refractivity contribution in [3.05, 3.63) is 36.0 Å². The molecule has 0 aliphatic rings. The van der Waals surface area contributed by atoms with Gasteiger partial charge in [0.25, 0.3) is 5.92 Å². The largest absolute Gasteiger partial charge is 0.390 e. The van der Waals surface area contributed by atoms with Gasteiger partial charge in [-0.05, 0) is 23.1 Å². The SMILES string of the molecule is N[C@H](c1ccc2cc[nH]c2c1)C(F)(F)CO. The second-order valence-electron chi connectivity index (χ2n) is 3.72. The number of rotatable bonds is 3. The van der Waals surface area contributed by atoms with Gasteiger partial charge in [0.1, 0.15) is 6.61 Å². The van der Waals surface area contributed by atoms with Crippen LogP contribution in [0.2, 0.25) is 0 Å². The minimum absolute atomic E-state index is 0.300.